The van der Waals surface area contributed by atoms with E-state index in [4.69, 9.17) is 0 Å². The van der Waals surface area contributed by atoms with Gasteiger partial charge in [-0.3, -0.25) is 0 Å². The molecule has 192 valence electrons. The number of nitrogens with zero attached hydrogens (tertiary/aromatic N) is 2. The summed E-state index contributed by atoms with van der Waals surface area (Å²) in [6, 6.07) is 45.8. The fraction of sp³-hybridized carbons (Fsp3) is 0.0500. The molecule has 2 aliphatic carbocycles. The number of benzene rings is 4. The van der Waals surface area contributed by atoms with Gasteiger partial charge in [0.25, 0.3) is 11.4 Å². The lowest BCUT2D eigenvalue weighted by Gasteiger charge is -2.28. The van der Waals surface area contributed by atoms with E-state index in [0.717, 1.165) is 6.42 Å². The fourth-order valence-electron chi connectivity index (χ4n) is 8.86. The molecule has 42 heavy (non-hydrogen) atoms. The average molecular weight is 533 g/mol. The van der Waals surface area contributed by atoms with E-state index in [9.17, 15) is 0 Å². The molecule has 2 bridgehead atoms. The highest BCUT2D eigenvalue weighted by Gasteiger charge is 2.62. The minimum atomic E-state index is -0.483. The van der Waals surface area contributed by atoms with Crippen molar-refractivity contribution in [3.63, 3.8) is 0 Å². The van der Waals surface area contributed by atoms with E-state index in [2.05, 4.69) is 143 Å². The molecule has 0 saturated heterocycles. The molecule has 4 aromatic carbocycles. The van der Waals surface area contributed by atoms with Crippen molar-refractivity contribution in [3.8, 4) is 33.6 Å². The third kappa shape index (κ3) is 2.20. The van der Waals surface area contributed by atoms with Gasteiger partial charge in [0, 0.05) is 24.3 Å². The Morgan fingerprint density at radius 2 is 1.05 bits per heavy atom. The highest BCUT2D eigenvalue weighted by Crippen LogP contribution is 2.57. The van der Waals surface area contributed by atoms with Gasteiger partial charge < -0.3 is 0 Å². The fourth-order valence-corrected chi connectivity index (χ4v) is 8.86. The number of hydrogen-bond donors (Lipinski definition) is 0. The van der Waals surface area contributed by atoms with Crippen LogP contribution in [-0.2, 0) is 11.8 Å². The van der Waals surface area contributed by atoms with Crippen LogP contribution in [0.25, 0.3) is 57.2 Å². The lowest BCUT2D eigenvalue weighted by Crippen LogP contribution is -2.49. The number of hydrogen-bond acceptors (Lipinski definition) is 0. The Hall–Kier alpha value is -5.34. The van der Waals surface area contributed by atoms with Crippen molar-refractivity contribution in [2.75, 3.05) is 0 Å². The summed E-state index contributed by atoms with van der Waals surface area (Å²) < 4.78 is 5.28. The second-order valence-electron chi connectivity index (χ2n) is 12.1. The quantitative estimate of drug-likeness (QED) is 0.179. The molecular formula is C40H24N2+2. The monoisotopic (exact) mass is 532 g/mol. The van der Waals surface area contributed by atoms with Gasteiger partial charge in [0.1, 0.15) is 0 Å². The Labute approximate surface area is 243 Å². The van der Waals surface area contributed by atoms with E-state index in [0.29, 0.717) is 0 Å². The van der Waals surface area contributed by atoms with E-state index < -0.39 is 5.41 Å². The van der Waals surface area contributed by atoms with Crippen molar-refractivity contribution in [2.45, 2.75) is 11.8 Å². The van der Waals surface area contributed by atoms with Crippen molar-refractivity contribution in [1.29, 1.82) is 0 Å². The van der Waals surface area contributed by atoms with Crippen LogP contribution in [-0.4, -0.2) is 0 Å². The number of rotatable bonds is 0. The van der Waals surface area contributed by atoms with Gasteiger partial charge in [0.15, 0.2) is 5.41 Å². The smallest absolute Gasteiger partial charge is 0.153 e. The zero-order chi connectivity index (χ0) is 27.2. The normalized spacial score (nSPS) is 16.0. The SMILES string of the molecule is C1=Cc2cccc3c2C2=C4Cc5c1cccc5-c1cccc([n+]14)C1(c4ccccc4-c4ccccc41)c1cccc-3[n+]12. The summed E-state index contributed by atoms with van der Waals surface area (Å²) in [7, 11) is 0. The van der Waals surface area contributed by atoms with Crippen LogP contribution >= 0.6 is 0 Å². The summed E-state index contributed by atoms with van der Waals surface area (Å²) in [5.74, 6) is 0. The summed E-state index contributed by atoms with van der Waals surface area (Å²) in [5.41, 5.74) is 20.7. The summed E-state index contributed by atoms with van der Waals surface area (Å²) in [6.07, 6.45) is 5.56. The maximum Gasteiger partial charge on any atom is 0.288 e. The molecule has 2 nitrogen and oxygen atoms in total. The maximum atomic E-state index is 2.65. The zero-order valence-corrected chi connectivity index (χ0v) is 22.8. The summed E-state index contributed by atoms with van der Waals surface area (Å²) >= 11 is 0. The lowest BCUT2D eigenvalue weighted by atomic mass is 9.71. The van der Waals surface area contributed by atoms with Crippen molar-refractivity contribution in [2.24, 2.45) is 0 Å². The van der Waals surface area contributed by atoms with E-state index in [1.807, 2.05) is 0 Å². The number of pyridine rings is 2. The third-order valence-electron chi connectivity index (χ3n) is 10.4. The Kier molecular flexibility index (Phi) is 3.62. The van der Waals surface area contributed by atoms with Crippen molar-refractivity contribution in [3.05, 3.63) is 166 Å². The molecule has 0 fully saturated rings. The molecule has 0 amide bonds. The molecule has 2 aromatic heterocycles. The predicted molar refractivity (Wildman–Crippen MR) is 166 cm³/mol. The lowest BCUT2D eigenvalue weighted by molar-refractivity contribution is -0.591. The van der Waals surface area contributed by atoms with Crippen molar-refractivity contribution in [1.82, 2.24) is 0 Å². The van der Waals surface area contributed by atoms with Gasteiger partial charge >= 0.3 is 0 Å². The predicted octanol–water partition coefficient (Wildman–Crippen LogP) is 7.50. The standard InChI is InChI=1S/C40H24N2/c1-3-15-31-26(11-1)27-12-2-4-16-32(27)40(31)36-19-7-17-33-28-13-5-9-24-21-22-25-10-6-14-29-34-18-8-20-37(40)42(34)39(38(25)29)35(41(33)36)23-30(24)28/h1-22H,23H2/q+2. The van der Waals surface area contributed by atoms with Crippen molar-refractivity contribution < 1.29 is 9.13 Å². The third-order valence-corrected chi connectivity index (χ3v) is 10.4. The number of allylic oxidation sites excluding steroid dienone is 1. The van der Waals surface area contributed by atoms with Gasteiger partial charge in [-0.15, -0.1) is 4.57 Å². The Bertz CT molecular complexity index is 2290. The van der Waals surface area contributed by atoms with Crippen LogP contribution in [0.2, 0.25) is 0 Å². The van der Waals surface area contributed by atoms with Crippen LogP contribution in [0.1, 0.15) is 44.8 Å². The average Bonchev–Trinajstić information content (AvgIpc) is 3.52. The molecule has 2 heteroatoms. The first-order valence-corrected chi connectivity index (χ1v) is 14.8. The van der Waals surface area contributed by atoms with Crippen LogP contribution < -0.4 is 9.13 Å². The molecule has 1 spiro atoms. The van der Waals surface area contributed by atoms with E-state index in [1.54, 1.807) is 0 Å². The molecule has 5 aliphatic rings. The molecular weight excluding hydrogens is 508 g/mol. The van der Waals surface area contributed by atoms with Crippen LogP contribution in [0.4, 0.5) is 0 Å². The van der Waals surface area contributed by atoms with Gasteiger partial charge in [-0.25, -0.2) is 0 Å². The van der Waals surface area contributed by atoms with Crippen LogP contribution in [0.5, 0.6) is 0 Å². The largest absolute Gasteiger partial charge is 0.288 e. The highest BCUT2D eigenvalue weighted by molar-refractivity contribution is 5.97. The van der Waals surface area contributed by atoms with Crippen LogP contribution in [0, 0.1) is 0 Å². The zero-order valence-electron chi connectivity index (χ0n) is 22.8. The van der Waals surface area contributed by atoms with Crippen LogP contribution in [0.3, 0.4) is 0 Å². The van der Waals surface area contributed by atoms with Gasteiger partial charge in [-0.2, -0.15) is 4.57 Å². The topological polar surface area (TPSA) is 7.76 Å². The molecule has 0 radical (unpaired) electrons. The Balaban J connectivity index is 1.46. The summed E-state index contributed by atoms with van der Waals surface area (Å²) in [5, 5.41) is 0. The van der Waals surface area contributed by atoms with Gasteiger partial charge in [-0.1, -0.05) is 84.9 Å². The van der Waals surface area contributed by atoms with Gasteiger partial charge in [0.05, 0.1) is 23.1 Å². The summed E-state index contributed by atoms with van der Waals surface area (Å²) in [4.78, 5) is 0. The molecule has 5 heterocycles. The second-order valence-corrected chi connectivity index (χ2v) is 12.1. The number of aromatic nitrogens is 2. The second kappa shape index (κ2) is 7.10. The molecule has 0 unspecified atom stereocenters. The molecule has 6 aromatic rings. The maximum absolute atomic E-state index is 2.65. The minimum Gasteiger partial charge on any atom is -0.153 e. The first-order valence-electron chi connectivity index (χ1n) is 14.8. The molecule has 0 atom stereocenters. The molecule has 3 aliphatic heterocycles. The highest BCUT2D eigenvalue weighted by atomic mass is 15.1. The first-order chi connectivity index (χ1) is 20.9. The minimum absolute atomic E-state index is 0.483. The Morgan fingerprint density at radius 3 is 1.81 bits per heavy atom. The molecule has 0 N–H and O–H groups in total. The molecule has 11 rings (SSSR count). The first kappa shape index (κ1) is 21.4. The molecule has 0 saturated carbocycles. The van der Waals surface area contributed by atoms with E-state index in [-0.39, 0.29) is 0 Å². The van der Waals surface area contributed by atoms with Gasteiger partial charge in [-0.05, 0) is 63.2 Å². The van der Waals surface area contributed by atoms with E-state index >= 15 is 0 Å². The Morgan fingerprint density at radius 1 is 0.476 bits per heavy atom. The summed E-state index contributed by atoms with van der Waals surface area (Å²) in [6.45, 7) is 0. The number of fused-ring (bicyclic) bond motifs is 9. The van der Waals surface area contributed by atoms with Crippen molar-refractivity contribution >= 4 is 23.5 Å². The van der Waals surface area contributed by atoms with Crippen LogP contribution in [0.15, 0.2) is 121 Å². The van der Waals surface area contributed by atoms with Gasteiger partial charge in [0.2, 0.25) is 22.8 Å². The van der Waals surface area contributed by atoms with E-state index in [1.165, 1.54) is 89.8 Å².